The summed E-state index contributed by atoms with van der Waals surface area (Å²) in [6.07, 6.45) is 6.57. The fraction of sp³-hybridized carbons (Fsp3) is 0.889. The topological polar surface area (TPSA) is 81.2 Å². The Morgan fingerprint density at radius 2 is 1.84 bits per heavy atom. The molecule has 0 aromatic rings. The van der Waals surface area contributed by atoms with Crippen molar-refractivity contribution in [1.29, 1.82) is 0 Å². The maximum atomic E-state index is 11.0. The lowest BCUT2D eigenvalue weighted by Crippen LogP contribution is -2.38. The number of rotatable bonds is 12. The van der Waals surface area contributed by atoms with Crippen LogP contribution >= 0.6 is 0 Å². The smallest absolute Gasteiger partial charge is 0.305 e. The zero-order valence-electron chi connectivity index (χ0n) is 15.8. The van der Waals surface area contributed by atoms with Gasteiger partial charge < -0.3 is 24.8 Å². The summed E-state index contributed by atoms with van der Waals surface area (Å²) in [5.41, 5.74) is 0. The number of nitrogens with zero attached hydrogens (tertiary/aromatic N) is 1. The summed E-state index contributed by atoms with van der Waals surface area (Å²) in [6.45, 7) is 5.06. The molecule has 1 aliphatic rings. The first-order chi connectivity index (χ1) is 12.3. The summed E-state index contributed by atoms with van der Waals surface area (Å²) < 4.78 is 15.7. The number of esters is 1. The van der Waals surface area contributed by atoms with Crippen molar-refractivity contribution in [2.45, 2.75) is 44.9 Å². The summed E-state index contributed by atoms with van der Waals surface area (Å²) in [5, 5.41) is 6.57. The van der Waals surface area contributed by atoms with Crippen molar-refractivity contribution in [1.82, 2.24) is 10.6 Å². The molecule has 1 aliphatic heterocycles. The van der Waals surface area contributed by atoms with Gasteiger partial charge in [0, 0.05) is 53.0 Å². The van der Waals surface area contributed by atoms with E-state index in [9.17, 15) is 4.79 Å². The molecular weight excluding hydrogens is 322 g/mol. The van der Waals surface area contributed by atoms with Gasteiger partial charge >= 0.3 is 5.97 Å². The van der Waals surface area contributed by atoms with Gasteiger partial charge in [0.2, 0.25) is 0 Å². The molecule has 1 fully saturated rings. The fourth-order valence-electron chi connectivity index (χ4n) is 2.64. The van der Waals surface area contributed by atoms with Crippen molar-refractivity contribution in [3.63, 3.8) is 0 Å². The van der Waals surface area contributed by atoms with Crippen LogP contribution in [-0.2, 0) is 19.0 Å². The van der Waals surface area contributed by atoms with Gasteiger partial charge in [-0.15, -0.1) is 0 Å². The lowest BCUT2D eigenvalue weighted by Gasteiger charge is -2.21. The molecule has 1 heterocycles. The molecule has 7 heteroatoms. The molecule has 0 aromatic carbocycles. The average molecular weight is 357 g/mol. The minimum Gasteiger partial charge on any atom is -0.469 e. The molecule has 146 valence electrons. The van der Waals surface area contributed by atoms with Gasteiger partial charge in [0.25, 0.3) is 0 Å². The first kappa shape index (κ1) is 21.7. The molecule has 0 saturated carbocycles. The molecule has 0 atom stereocenters. The molecule has 0 amide bonds. The lowest BCUT2D eigenvalue weighted by atomic mass is 10.0. The molecule has 0 unspecified atom stereocenters. The standard InChI is InChI=1S/C18H35N3O4/c1-19-18(20-10-5-3-4-7-17(22)23-2)21-11-6-12-25-15-16-8-13-24-14-9-16/h16H,3-15H2,1-2H3,(H2,19,20,21). The van der Waals surface area contributed by atoms with Crippen molar-refractivity contribution in [2.75, 3.05) is 53.7 Å². The van der Waals surface area contributed by atoms with E-state index in [0.29, 0.717) is 12.3 Å². The number of carbonyl (C=O) groups excluding carboxylic acids is 1. The molecule has 0 aliphatic carbocycles. The van der Waals surface area contributed by atoms with Crippen molar-refractivity contribution in [2.24, 2.45) is 10.9 Å². The van der Waals surface area contributed by atoms with Crippen LogP contribution in [0.2, 0.25) is 0 Å². The normalized spacial score (nSPS) is 15.8. The van der Waals surface area contributed by atoms with Crippen molar-refractivity contribution >= 4 is 11.9 Å². The predicted molar refractivity (Wildman–Crippen MR) is 98.8 cm³/mol. The highest BCUT2D eigenvalue weighted by molar-refractivity contribution is 5.79. The summed E-state index contributed by atoms with van der Waals surface area (Å²) in [7, 11) is 3.20. The van der Waals surface area contributed by atoms with Gasteiger partial charge in [-0.05, 0) is 38.0 Å². The monoisotopic (exact) mass is 357 g/mol. The van der Waals surface area contributed by atoms with E-state index in [4.69, 9.17) is 9.47 Å². The zero-order chi connectivity index (χ0) is 18.2. The Balaban J connectivity index is 1.91. The molecule has 7 nitrogen and oxygen atoms in total. The van der Waals surface area contributed by atoms with Crippen LogP contribution in [0.15, 0.2) is 4.99 Å². The van der Waals surface area contributed by atoms with Crippen LogP contribution in [0.1, 0.15) is 44.9 Å². The van der Waals surface area contributed by atoms with Gasteiger partial charge in [-0.2, -0.15) is 0 Å². The summed E-state index contributed by atoms with van der Waals surface area (Å²) in [6, 6.07) is 0. The van der Waals surface area contributed by atoms with Crippen LogP contribution in [0.4, 0.5) is 0 Å². The second-order valence-electron chi connectivity index (χ2n) is 6.30. The second-order valence-corrected chi connectivity index (χ2v) is 6.30. The fourth-order valence-corrected chi connectivity index (χ4v) is 2.64. The average Bonchev–Trinajstić information content (AvgIpc) is 2.66. The van der Waals surface area contributed by atoms with Crippen LogP contribution < -0.4 is 10.6 Å². The Hall–Kier alpha value is -1.34. The molecule has 1 saturated heterocycles. The zero-order valence-corrected chi connectivity index (χ0v) is 15.8. The number of guanidine groups is 1. The third kappa shape index (κ3) is 11.8. The first-order valence-electron chi connectivity index (χ1n) is 9.43. The minimum atomic E-state index is -0.135. The van der Waals surface area contributed by atoms with E-state index in [0.717, 1.165) is 84.0 Å². The molecule has 0 aromatic heterocycles. The maximum Gasteiger partial charge on any atom is 0.305 e. The van der Waals surface area contributed by atoms with Crippen LogP contribution in [0.5, 0.6) is 0 Å². The third-order valence-corrected chi connectivity index (χ3v) is 4.25. The highest BCUT2D eigenvalue weighted by atomic mass is 16.5. The molecule has 1 rings (SSSR count). The van der Waals surface area contributed by atoms with E-state index >= 15 is 0 Å². The Kier molecular flexibility index (Phi) is 13.0. The van der Waals surface area contributed by atoms with Gasteiger partial charge in [0.05, 0.1) is 7.11 Å². The van der Waals surface area contributed by atoms with Crippen LogP contribution in [0.3, 0.4) is 0 Å². The number of ether oxygens (including phenoxy) is 3. The number of methoxy groups -OCH3 is 1. The van der Waals surface area contributed by atoms with Crippen molar-refractivity contribution in [3.05, 3.63) is 0 Å². The van der Waals surface area contributed by atoms with Gasteiger partial charge in [-0.1, -0.05) is 6.42 Å². The molecule has 0 radical (unpaired) electrons. The van der Waals surface area contributed by atoms with Gasteiger partial charge in [-0.3, -0.25) is 9.79 Å². The molecular formula is C18H35N3O4. The van der Waals surface area contributed by atoms with E-state index < -0.39 is 0 Å². The lowest BCUT2D eigenvalue weighted by molar-refractivity contribution is -0.140. The Morgan fingerprint density at radius 1 is 1.12 bits per heavy atom. The Morgan fingerprint density at radius 3 is 2.52 bits per heavy atom. The number of aliphatic imine (C=N–C) groups is 1. The molecule has 2 N–H and O–H groups in total. The van der Waals surface area contributed by atoms with E-state index in [1.165, 1.54) is 7.11 Å². The van der Waals surface area contributed by atoms with Crippen molar-refractivity contribution < 1.29 is 19.0 Å². The Labute approximate surface area is 151 Å². The summed E-state index contributed by atoms with van der Waals surface area (Å²) >= 11 is 0. The van der Waals surface area contributed by atoms with Crippen LogP contribution in [0, 0.1) is 5.92 Å². The second kappa shape index (κ2) is 15.0. The van der Waals surface area contributed by atoms with Crippen LogP contribution in [-0.4, -0.2) is 65.6 Å². The number of unbranched alkanes of at least 4 members (excludes halogenated alkanes) is 2. The molecule has 0 spiro atoms. The quantitative estimate of drug-likeness (QED) is 0.240. The largest absolute Gasteiger partial charge is 0.469 e. The minimum absolute atomic E-state index is 0.135. The van der Waals surface area contributed by atoms with Crippen molar-refractivity contribution in [3.8, 4) is 0 Å². The SMILES string of the molecule is CN=C(NCCCCCC(=O)OC)NCCCOCC1CCOCC1. The summed E-state index contributed by atoms with van der Waals surface area (Å²) in [4.78, 5) is 15.2. The molecule has 0 bridgehead atoms. The van der Waals surface area contributed by atoms with E-state index in [1.54, 1.807) is 7.05 Å². The molecule has 25 heavy (non-hydrogen) atoms. The van der Waals surface area contributed by atoms with Gasteiger partial charge in [0.15, 0.2) is 5.96 Å². The number of nitrogens with one attached hydrogen (secondary N) is 2. The third-order valence-electron chi connectivity index (χ3n) is 4.25. The number of carbonyl (C=O) groups is 1. The van der Waals surface area contributed by atoms with Crippen LogP contribution in [0.25, 0.3) is 0 Å². The van der Waals surface area contributed by atoms with E-state index in [1.807, 2.05) is 0 Å². The highest BCUT2D eigenvalue weighted by Crippen LogP contribution is 2.14. The van der Waals surface area contributed by atoms with E-state index in [-0.39, 0.29) is 5.97 Å². The van der Waals surface area contributed by atoms with Gasteiger partial charge in [0.1, 0.15) is 0 Å². The highest BCUT2D eigenvalue weighted by Gasteiger charge is 2.13. The summed E-state index contributed by atoms with van der Waals surface area (Å²) in [5.74, 6) is 1.34. The first-order valence-corrected chi connectivity index (χ1v) is 9.43. The van der Waals surface area contributed by atoms with E-state index in [2.05, 4.69) is 20.4 Å². The predicted octanol–water partition coefficient (Wildman–Crippen LogP) is 1.72. The Bertz CT molecular complexity index is 371. The van der Waals surface area contributed by atoms with Gasteiger partial charge in [-0.25, -0.2) is 0 Å². The maximum absolute atomic E-state index is 11.0. The number of hydrogen-bond donors (Lipinski definition) is 2. The number of hydrogen-bond acceptors (Lipinski definition) is 5.